The number of aliphatic hydroxyl groups is 2. The quantitative estimate of drug-likeness (QED) is 0.0188. The highest BCUT2D eigenvalue weighted by molar-refractivity contribution is 8.13. The van der Waals surface area contributed by atoms with Gasteiger partial charge in [0.05, 0.1) is 33.8 Å². The number of ether oxygens (including phenoxy) is 1. The number of aromatic nitrogens is 4. The molecule has 2 aromatic heterocycles. The summed E-state index contributed by atoms with van der Waals surface area (Å²) in [7, 11) is -17.7. The monoisotopic (exact) mass is 1280 g/mol. The van der Waals surface area contributed by atoms with Crippen LogP contribution in [0.4, 0.5) is 5.82 Å². The van der Waals surface area contributed by atoms with E-state index >= 15 is 0 Å². The molecule has 29 heteroatoms. The molecule has 1 saturated heterocycles. The molecule has 484 valence electrons. The van der Waals surface area contributed by atoms with Crippen molar-refractivity contribution in [1.29, 1.82) is 0 Å². The van der Waals surface area contributed by atoms with Crippen LogP contribution < -0.4 is 35.9 Å². The lowest BCUT2D eigenvalue weighted by Gasteiger charge is -2.36. The van der Waals surface area contributed by atoms with Crippen molar-refractivity contribution in [2.24, 2.45) is 5.41 Å². The van der Waals surface area contributed by atoms with Crippen molar-refractivity contribution in [3.63, 3.8) is 0 Å². The molecule has 86 heavy (non-hydrogen) atoms. The number of hydrogen-bond donors (Lipinski definition) is 5. The van der Waals surface area contributed by atoms with Gasteiger partial charge in [-0.1, -0.05) is 170 Å². The SMILES string of the molecule is CC/C=C\C/C=C\C/C=C\C/C=C\C/C=C\C/C=C\CCCCCCCCCCCCCCC(=O)CC(=O)SCCNC(=O)CCNC(=O)[C@H](O)C(C)(C)COP(=O)([O-])OP(=O)([O-])OC[C@H]1O[C@@H](n2cnc3c(N)ncnc32)[C@H](O)[C@@H]1OP(=O)([O-])[O-]. The molecule has 1 aliphatic rings. The molecule has 0 aliphatic carbocycles. The largest absolute Gasteiger partial charge is 0.790 e. The number of carbonyl (C=O) groups is 4. The Kier molecular flexibility index (Phi) is 36.9. The summed E-state index contributed by atoms with van der Waals surface area (Å²) in [6.07, 6.45) is 40.2. The fraction of sp³-hybridized carbons (Fsp3) is 0.632. The standard InChI is InChI=1S/C57H92N7O18P3S/c1-4-5-6-7-8-9-10-11-12-13-14-15-16-17-18-19-20-21-22-23-24-25-26-27-28-29-30-31-32-33-34-35-45(65)40-48(67)86-39-38-59-47(66)36-37-60-55(70)52(69)57(2,3)42-79-85(76,77)82-84(74,75)78-41-46-51(81-83(71,72)73)50(68)56(80-46)64-44-63-49-53(58)61-43-62-54(49)64/h5-6,8-9,11-12,14-15,17-18,20-21,43-44,46,50-52,56,68-69H,4,7,10,13,16,19,22-42H2,1-3H3,(H,59,66)(H,60,70)(H,74,75)(H,76,77)(H2,58,61,62)(H2,71,72,73)/p-4/b6-5-,9-8-,12-11-,15-14-,18-17-,21-20-/t46-,50-,51-,52+,56-/m1/s1. The summed E-state index contributed by atoms with van der Waals surface area (Å²) in [4.78, 5) is 110. The number of anilines is 1. The third-order valence-corrected chi connectivity index (χ3v) is 17.1. The van der Waals surface area contributed by atoms with Crippen LogP contribution in [0.2, 0.25) is 0 Å². The van der Waals surface area contributed by atoms with Crippen molar-refractivity contribution in [1.82, 2.24) is 30.2 Å². The number of phosphoric acid groups is 3. The van der Waals surface area contributed by atoms with E-state index in [4.69, 9.17) is 10.5 Å². The van der Waals surface area contributed by atoms with E-state index in [1.165, 1.54) is 65.2 Å². The third kappa shape index (κ3) is 32.8. The highest BCUT2D eigenvalue weighted by Gasteiger charge is 2.47. The number of nitrogens with two attached hydrogens (primary N) is 1. The van der Waals surface area contributed by atoms with Gasteiger partial charge in [-0.25, -0.2) is 19.3 Å². The maximum atomic E-state index is 12.7. The van der Waals surface area contributed by atoms with Gasteiger partial charge in [0.1, 0.15) is 42.0 Å². The summed E-state index contributed by atoms with van der Waals surface area (Å²) in [6.45, 7) is 2.08. The predicted molar refractivity (Wildman–Crippen MR) is 321 cm³/mol. The number of unbranched alkanes of at least 4 members (excludes halogenated alkanes) is 12. The molecule has 7 atom stereocenters. The van der Waals surface area contributed by atoms with Crippen LogP contribution in [0.1, 0.15) is 168 Å². The number of nitrogens with zero attached hydrogens (tertiary/aromatic N) is 4. The number of phosphoric ester groups is 3. The predicted octanol–water partition coefficient (Wildman–Crippen LogP) is 7.26. The van der Waals surface area contributed by atoms with Crippen molar-refractivity contribution < 1.29 is 85.3 Å². The number of aliphatic hydroxyl groups excluding tert-OH is 2. The second-order valence-electron chi connectivity index (χ2n) is 21.1. The molecule has 1 aliphatic heterocycles. The average Bonchev–Trinajstić information content (AvgIpc) is 1.67. The van der Waals surface area contributed by atoms with Crippen LogP contribution in [0.15, 0.2) is 85.6 Å². The Morgan fingerprint density at radius 2 is 1.28 bits per heavy atom. The number of carbonyl (C=O) groups excluding carboxylic acids is 4. The average molecular weight is 1280 g/mol. The maximum absolute atomic E-state index is 12.7. The van der Waals surface area contributed by atoms with Gasteiger partial charge in [0.25, 0.3) is 15.6 Å². The molecule has 0 bridgehead atoms. The fourth-order valence-corrected chi connectivity index (χ4v) is 12.0. The van der Waals surface area contributed by atoms with E-state index in [9.17, 15) is 62.7 Å². The highest BCUT2D eigenvalue weighted by Crippen LogP contribution is 2.56. The minimum absolute atomic E-state index is 0.0266. The summed E-state index contributed by atoms with van der Waals surface area (Å²) in [6, 6.07) is 0. The van der Waals surface area contributed by atoms with Crippen LogP contribution in [-0.2, 0) is 55.5 Å². The van der Waals surface area contributed by atoms with Crippen LogP contribution in [-0.4, -0.2) is 109 Å². The Hall–Kier alpha value is -4.33. The Morgan fingerprint density at radius 1 is 0.744 bits per heavy atom. The number of fused-ring (bicyclic) bond motifs is 1. The van der Waals surface area contributed by atoms with E-state index in [0.717, 1.165) is 99.6 Å². The molecule has 2 aromatic rings. The molecule has 0 spiro atoms. The third-order valence-electron chi connectivity index (χ3n) is 13.3. The van der Waals surface area contributed by atoms with E-state index in [2.05, 4.69) is 123 Å². The van der Waals surface area contributed by atoms with Gasteiger partial charge in [-0.2, -0.15) is 0 Å². The van der Waals surface area contributed by atoms with Gasteiger partial charge in [0.15, 0.2) is 22.8 Å². The van der Waals surface area contributed by atoms with Crippen LogP contribution in [0.5, 0.6) is 0 Å². The highest BCUT2D eigenvalue weighted by atomic mass is 32.2. The lowest BCUT2D eigenvalue weighted by molar-refractivity contribution is -0.347. The normalized spacial score (nSPS) is 18.8. The first-order valence-corrected chi connectivity index (χ1v) is 34.7. The summed E-state index contributed by atoms with van der Waals surface area (Å²) in [5.41, 5.74) is 4.06. The van der Waals surface area contributed by atoms with Gasteiger partial charge >= 0.3 is 0 Å². The molecule has 0 radical (unpaired) electrons. The molecule has 6 N–H and O–H groups in total. The van der Waals surface area contributed by atoms with Crippen molar-refractivity contribution in [2.45, 2.75) is 193 Å². The van der Waals surface area contributed by atoms with Crippen molar-refractivity contribution in [2.75, 3.05) is 37.8 Å². The summed E-state index contributed by atoms with van der Waals surface area (Å²) >= 11 is 0.928. The molecule has 2 unspecified atom stereocenters. The smallest absolute Gasteiger partial charge is 0.274 e. The number of hydrogen-bond acceptors (Lipinski definition) is 23. The van der Waals surface area contributed by atoms with Gasteiger partial charge in [-0.05, 0) is 57.8 Å². The maximum Gasteiger partial charge on any atom is 0.274 e. The van der Waals surface area contributed by atoms with Crippen molar-refractivity contribution in [3.8, 4) is 0 Å². The summed E-state index contributed by atoms with van der Waals surface area (Å²) < 4.78 is 61.0. The molecule has 25 nitrogen and oxygen atoms in total. The van der Waals surface area contributed by atoms with Crippen LogP contribution in [0.25, 0.3) is 11.2 Å². The van der Waals surface area contributed by atoms with Crippen LogP contribution in [0, 0.1) is 5.41 Å². The fourth-order valence-electron chi connectivity index (χ4n) is 8.56. The lowest BCUT2D eigenvalue weighted by atomic mass is 9.87. The Bertz CT molecular complexity index is 2700. The zero-order valence-corrected chi connectivity index (χ0v) is 53.1. The van der Waals surface area contributed by atoms with Crippen LogP contribution >= 0.6 is 35.2 Å². The first kappa shape index (κ1) is 75.9. The molecule has 2 amide bonds. The van der Waals surface area contributed by atoms with Gasteiger partial charge in [-0.15, -0.1) is 0 Å². The van der Waals surface area contributed by atoms with E-state index in [1.54, 1.807) is 0 Å². The number of ketones is 1. The van der Waals surface area contributed by atoms with Gasteiger partial charge < -0.3 is 69.0 Å². The number of thioether (sulfide) groups is 1. The van der Waals surface area contributed by atoms with Gasteiger partial charge in [0, 0.05) is 37.1 Å². The number of imidazole rings is 1. The number of Topliss-reactive ketones (excluding diaryl/α,β-unsaturated/α-hetero) is 1. The number of allylic oxidation sites excluding steroid dienone is 12. The van der Waals surface area contributed by atoms with E-state index in [0.29, 0.717) is 6.42 Å². The Balaban J connectivity index is 1.15. The van der Waals surface area contributed by atoms with Gasteiger partial charge in [0.2, 0.25) is 11.8 Å². The first-order valence-electron chi connectivity index (χ1n) is 29.3. The molecule has 3 heterocycles. The van der Waals surface area contributed by atoms with E-state index in [-0.39, 0.29) is 59.6 Å². The molecule has 0 aromatic carbocycles. The van der Waals surface area contributed by atoms with E-state index < -0.39 is 84.6 Å². The minimum atomic E-state index is -5.94. The molecule has 1 fully saturated rings. The molecule has 0 saturated carbocycles. The molecule has 3 rings (SSSR count). The number of amides is 2. The Labute approximate surface area is 509 Å². The minimum Gasteiger partial charge on any atom is -0.790 e. The topological polar surface area (TPSA) is 392 Å². The van der Waals surface area contributed by atoms with Crippen molar-refractivity contribution in [3.05, 3.63) is 85.6 Å². The Morgan fingerprint density at radius 3 is 1.85 bits per heavy atom. The summed E-state index contributed by atoms with van der Waals surface area (Å²) in [5.74, 6) is -1.53. The second-order valence-corrected chi connectivity index (χ2v) is 26.3. The van der Waals surface area contributed by atoms with Crippen LogP contribution in [0.3, 0.4) is 0 Å². The number of nitrogen functional groups attached to an aromatic ring is 1. The molecular weight excluding hydrogens is 1200 g/mol. The number of rotatable bonds is 47. The summed E-state index contributed by atoms with van der Waals surface area (Å²) in [5, 5.41) is 26.1. The first-order chi connectivity index (χ1) is 40.9. The zero-order chi connectivity index (χ0) is 63.3. The van der Waals surface area contributed by atoms with Gasteiger partial charge in [-0.3, -0.25) is 32.9 Å². The second kappa shape index (κ2) is 41.8. The zero-order valence-electron chi connectivity index (χ0n) is 49.6. The number of nitrogens with one attached hydrogen (secondary N) is 2. The van der Waals surface area contributed by atoms with Crippen molar-refractivity contribution >= 4 is 74.9 Å². The lowest BCUT2D eigenvalue weighted by Crippen LogP contribution is -2.46. The molecular formula is C57H88N7O18P3S-4. The van der Waals surface area contributed by atoms with E-state index in [1.807, 2.05) is 0 Å².